The number of nitrogens with zero attached hydrogens (tertiary/aromatic N) is 1. The van der Waals surface area contributed by atoms with Gasteiger partial charge in [-0.25, -0.2) is 0 Å². The monoisotopic (exact) mass is 310 g/mol. The lowest BCUT2D eigenvalue weighted by Gasteiger charge is -2.21. The number of anilines is 1. The maximum atomic E-state index is 12.3. The number of aliphatic hydroxyl groups is 1. The van der Waals surface area contributed by atoms with Crippen LogP contribution in [0.25, 0.3) is 0 Å². The van der Waals surface area contributed by atoms with Crippen LogP contribution < -0.4 is 10.2 Å². The molecule has 5 nitrogen and oxygen atoms in total. The highest BCUT2D eigenvalue weighted by atomic mass is 35.5. The first-order valence-electron chi connectivity index (χ1n) is 6.80. The Morgan fingerprint density at radius 1 is 1.48 bits per heavy atom. The van der Waals surface area contributed by atoms with Gasteiger partial charge in [-0.05, 0) is 19.1 Å². The average molecular weight is 311 g/mol. The lowest BCUT2D eigenvalue weighted by Crippen LogP contribution is -2.47. The van der Waals surface area contributed by atoms with E-state index in [9.17, 15) is 9.59 Å². The quantitative estimate of drug-likeness (QED) is 0.813. The van der Waals surface area contributed by atoms with E-state index in [1.54, 1.807) is 25.1 Å². The van der Waals surface area contributed by atoms with Crippen LogP contribution in [0.15, 0.2) is 18.2 Å². The van der Waals surface area contributed by atoms with Gasteiger partial charge in [-0.2, -0.15) is 0 Å². The van der Waals surface area contributed by atoms with Crippen molar-refractivity contribution >= 4 is 29.1 Å². The number of rotatable bonds is 2. The van der Waals surface area contributed by atoms with Gasteiger partial charge in [-0.3, -0.25) is 9.59 Å². The number of amides is 2. The molecule has 21 heavy (non-hydrogen) atoms. The molecule has 6 heteroatoms. The summed E-state index contributed by atoms with van der Waals surface area (Å²) >= 11 is 6.24. The van der Waals surface area contributed by atoms with Crippen molar-refractivity contribution in [3.05, 3.63) is 28.8 Å². The number of hydrogen-bond acceptors (Lipinski definition) is 3. The Bertz CT molecular complexity index is 586. The van der Waals surface area contributed by atoms with Gasteiger partial charge in [0.1, 0.15) is 0 Å². The summed E-state index contributed by atoms with van der Waals surface area (Å²) in [7, 11) is 0. The molecule has 1 aromatic carbocycles. The molecule has 0 spiro atoms. The van der Waals surface area contributed by atoms with Crippen LogP contribution in [0.2, 0.25) is 5.02 Å². The largest absolute Gasteiger partial charge is 0.394 e. The highest BCUT2D eigenvalue weighted by Crippen LogP contribution is 2.44. The van der Waals surface area contributed by atoms with Crippen LogP contribution in [-0.2, 0) is 15.0 Å². The third-order valence-corrected chi connectivity index (χ3v) is 3.92. The lowest BCUT2D eigenvalue weighted by atomic mass is 9.87. The Hall–Kier alpha value is -1.59. The van der Waals surface area contributed by atoms with Gasteiger partial charge in [0, 0.05) is 34.3 Å². The van der Waals surface area contributed by atoms with Gasteiger partial charge < -0.3 is 15.3 Å². The number of benzene rings is 1. The molecule has 2 N–H and O–H groups in total. The average Bonchev–Trinajstić information content (AvgIpc) is 2.70. The third-order valence-electron chi connectivity index (χ3n) is 3.60. The molecule has 114 valence electrons. The van der Waals surface area contributed by atoms with Crippen LogP contribution in [0.4, 0.5) is 5.69 Å². The molecule has 0 bridgehead atoms. The third kappa shape index (κ3) is 2.89. The molecular formula is C15H19ClN2O3. The van der Waals surface area contributed by atoms with Crippen molar-refractivity contribution in [2.45, 2.75) is 32.2 Å². The number of nitrogens with one attached hydrogen (secondary N) is 1. The molecular weight excluding hydrogens is 292 g/mol. The first-order chi connectivity index (χ1) is 9.77. The predicted octanol–water partition coefficient (Wildman–Crippen LogP) is 1.46. The van der Waals surface area contributed by atoms with Gasteiger partial charge in [0.15, 0.2) is 0 Å². The van der Waals surface area contributed by atoms with E-state index in [4.69, 9.17) is 16.7 Å². The van der Waals surface area contributed by atoms with Gasteiger partial charge >= 0.3 is 11.8 Å². The van der Waals surface area contributed by atoms with E-state index in [1.165, 1.54) is 4.90 Å². The van der Waals surface area contributed by atoms with Crippen LogP contribution >= 0.6 is 11.6 Å². The maximum absolute atomic E-state index is 12.3. The summed E-state index contributed by atoms with van der Waals surface area (Å²) in [4.78, 5) is 25.8. The van der Waals surface area contributed by atoms with Crippen LogP contribution in [-0.4, -0.2) is 36.1 Å². The second-order valence-corrected chi connectivity index (χ2v) is 6.37. The molecule has 2 amide bonds. The van der Waals surface area contributed by atoms with Gasteiger partial charge in [0.2, 0.25) is 0 Å². The van der Waals surface area contributed by atoms with Crippen molar-refractivity contribution in [3.63, 3.8) is 0 Å². The van der Waals surface area contributed by atoms with Gasteiger partial charge in [-0.15, -0.1) is 0 Å². The predicted molar refractivity (Wildman–Crippen MR) is 81.5 cm³/mol. The van der Waals surface area contributed by atoms with Crippen molar-refractivity contribution in [3.8, 4) is 0 Å². The molecule has 1 aromatic rings. The SMILES string of the molecule is CC(CO)NC(=O)C(=O)N1CC(C)(C)c2c(Cl)cccc21. The molecule has 0 radical (unpaired) electrons. The molecule has 0 aromatic heterocycles. The zero-order valence-corrected chi connectivity index (χ0v) is 13.1. The smallest absolute Gasteiger partial charge is 0.316 e. The number of aliphatic hydroxyl groups excluding tert-OH is 1. The molecule has 1 aliphatic rings. The number of hydrogen-bond donors (Lipinski definition) is 2. The number of fused-ring (bicyclic) bond motifs is 1. The Morgan fingerprint density at radius 3 is 2.76 bits per heavy atom. The summed E-state index contributed by atoms with van der Waals surface area (Å²) in [5.74, 6) is -1.36. The van der Waals surface area contributed by atoms with Gasteiger partial charge in [0.05, 0.1) is 6.61 Å². The molecule has 0 aliphatic carbocycles. The highest BCUT2D eigenvalue weighted by Gasteiger charge is 2.41. The molecule has 1 atom stereocenters. The Morgan fingerprint density at radius 2 is 2.14 bits per heavy atom. The maximum Gasteiger partial charge on any atom is 0.316 e. The normalized spacial score (nSPS) is 17.3. The molecule has 1 unspecified atom stereocenters. The zero-order chi connectivity index (χ0) is 15.8. The molecule has 0 saturated heterocycles. The van der Waals surface area contributed by atoms with Crippen LogP contribution in [0.3, 0.4) is 0 Å². The van der Waals surface area contributed by atoms with E-state index >= 15 is 0 Å². The molecule has 2 rings (SSSR count). The van der Waals surface area contributed by atoms with Crippen molar-refractivity contribution in [2.75, 3.05) is 18.1 Å². The fourth-order valence-electron chi connectivity index (χ4n) is 2.60. The Kier molecular flexibility index (Phi) is 4.25. The summed E-state index contributed by atoms with van der Waals surface area (Å²) in [5, 5.41) is 12.0. The van der Waals surface area contributed by atoms with E-state index < -0.39 is 17.9 Å². The summed E-state index contributed by atoms with van der Waals surface area (Å²) in [6.45, 7) is 5.78. The van der Waals surface area contributed by atoms with E-state index in [1.807, 2.05) is 13.8 Å². The fraction of sp³-hybridized carbons (Fsp3) is 0.467. The number of halogens is 1. The number of carbonyl (C=O) groups is 2. The zero-order valence-electron chi connectivity index (χ0n) is 12.3. The minimum atomic E-state index is -0.722. The summed E-state index contributed by atoms with van der Waals surface area (Å²) in [6, 6.07) is 4.87. The second-order valence-electron chi connectivity index (χ2n) is 5.97. The molecule has 0 fully saturated rings. The van der Waals surface area contributed by atoms with E-state index in [-0.39, 0.29) is 12.0 Å². The second kappa shape index (κ2) is 5.66. The minimum Gasteiger partial charge on any atom is -0.394 e. The summed E-state index contributed by atoms with van der Waals surface area (Å²) < 4.78 is 0. The van der Waals surface area contributed by atoms with E-state index in [2.05, 4.69) is 5.32 Å². The van der Waals surface area contributed by atoms with Gasteiger partial charge in [0.25, 0.3) is 0 Å². The van der Waals surface area contributed by atoms with Crippen molar-refractivity contribution in [1.29, 1.82) is 0 Å². The van der Waals surface area contributed by atoms with E-state index in [0.717, 1.165) is 5.56 Å². The Labute approximate surface area is 128 Å². The van der Waals surface area contributed by atoms with Crippen LogP contribution in [0.1, 0.15) is 26.3 Å². The Balaban J connectivity index is 2.30. The number of carbonyl (C=O) groups excluding carboxylic acids is 2. The first-order valence-corrected chi connectivity index (χ1v) is 7.18. The fourth-order valence-corrected chi connectivity index (χ4v) is 3.03. The van der Waals surface area contributed by atoms with E-state index in [0.29, 0.717) is 17.3 Å². The van der Waals surface area contributed by atoms with Crippen molar-refractivity contribution < 1.29 is 14.7 Å². The highest BCUT2D eigenvalue weighted by molar-refractivity contribution is 6.41. The van der Waals surface area contributed by atoms with Crippen LogP contribution in [0, 0.1) is 0 Å². The first kappa shape index (κ1) is 15.8. The topological polar surface area (TPSA) is 69.6 Å². The summed E-state index contributed by atoms with van der Waals surface area (Å²) in [5.41, 5.74) is 1.24. The lowest BCUT2D eigenvalue weighted by molar-refractivity contribution is -0.138. The molecule has 0 saturated carbocycles. The van der Waals surface area contributed by atoms with Crippen molar-refractivity contribution in [1.82, 2.24) is 5.32 Å². The summed E-state index contributed by atoms with van der Waals surface area (Å²) in [6.07, 6.45) is 0. The van der Waals surface area contributed by atoms with Gasteiger partial charge in [-0.1, -0.05) is 31.5 Å². The standard InChI is InChI=1S/C15H19ClN2O3/c1-9(7-19)17-13(20)14(21)18-8-15(2,3)12-10(16)5-4-6-11(12)18/h4-6,9,19H,7-8H2,1-3H3,(H,17,20). The molecule has 1 aliphatic heterocycles. The van der Waals surface area contributed by atoms with Crippen LogP contribution in [0.5, 0.6) is 0 Å². The molecule has 1 heterocycles. The minimum absolute atomic E-state index is 0.215. The van der Waals surface area contributed by atoms with Crippen molar-refractivity contribution in [2.24, 2.45) is 0 Å².